The molecule has 0 aromatic heterocycles. The third-order valence-corrected chi connectivity index (χ3v) is 3.99. The largest absolute Gasteiger partial charge is 0.496 e. The summed E-state index contributed by atoms with van der Waals surface area (Å²) in [6.45, 7) is 1.13. The molecular weight excluding hydrogens is 312 g/mol. The number of hydrogen-bond acceptors (Lipinski definition) is 4. The molecule has 1 aromatic rings. The van der Waals surface area contributed by atoms with E-state index in [4.69, 9.17) is 4.74 Å². The molecule has 5 nitrogen and oxygen atoms in total. The van der Waals surface area contributed by atoms with E-state index in [1.807, 2.05) is 0 Å². The van der Waals surface area contributed by atoms with E-state index in [9.17, 15) is 9.90 Å². The summed E-state index contributed by atoms with van der Waals surface area (Å²) in [5, 5.41) is 12.9. The molecule has 2 atom stereocenters. The van der Waals surface area contributed by atoms with Crippen molar-refractivity contribution >= 4 is 21.8 Å². The van der Waals surface area contributed by atoms with Crippen LogP contribution in [0.25, 0.3) is 0 Å². The molecule has 0 aliphatic carbocycles. The summed E-state index contributed by atoms with van der Waals surface area (Å²) >= 11 is 3.36. The number of carbonyl (C=O) groups is 1. The van der Waals surface area contributed by atoms with E-state index < -0.39 is 6.10 Å². The van der Waals surface area contributed by atoms with Gasteiger partial charge in [0.25, 0.3) is 5.91 Å². The van der Waals surface area contributed by atoms with E-state index in [0.717, 1.165) is 4.47 Å². The number of methoxy groups -OCH3 is 1. The zero-order valence-electron chi connectivity index (χ0n) is 10.9. The van der Waals surface area contributed by atoms with Crippen molar-refractivity contribution in [3.63, 3.8) is 0 Å². The van der Waals surface area contributed by atoms with Crippen LogP contribution in [-0.2, 0) is 0 Å². The molecule has 1 aliphatic rings. The maximum absolute atomic E-state index is 12.4. The number of aliphatic hydroxyl groups is 1. The average Bonchev–Trinajstić information content (AvgIpc) is 2.83. The first-order valence-electron chi connectivity index (χ1n) is 6.04. The van der Waals surface area contributed by atoms with Crippen LogP contribution >= 0.6 is 15.9 Å². The Morgan fingerprint density at radius 2 is 2.26 bits per heavy atom. The monoisotopic (exact) mass is 328 g/mol. The third-order valence-electron chi connectivity index (χ3n) is 3.37. The number of benzene rings is 1. The highest BCUT2D eigenvalue weighted by Crippen LogP contribution is 2.26. The van der Waals surface area contributed by atoms with Gasteiger partial charge in [-0.25, -0.2) is 0 Å². The van der Waals surface area contributed by atoms with E-state index in [1.54, 1.807) is 37.3 Å². The van der Waals surface area contributed by atoms with Crippen LogP contribution in [0.1, 0.15) is 10.4 Å². The lowest BCUT2D eigenvalue weighted by Crippen LogP contribution is -2.44. The van der Waals surface area contributed by atoms with Gasteiger partial charge in [0.15, 0.2) is 0 Å². The number of nitrogens with one attached hydrogen (secondary N) is 1. The second-order valence-electron chi connectivity index (χ2n) is 4.56. The zero-order valence-corrected chi connectivity index (χ0v) is 12.5. The van der Waals surface area contributed by atoms with E-state index in [0.29, 0.717) is 24.4 Å². The SMILES string of the molecule is COc1ccc(C(=O)N(C)[C@@H]2CNC[C@H]2O)cc1Br. The number of hydrogen-bond donors (Lipinski definition) is 2. The van der Waals surface area contributed by atoms with Crippen molar-refractivity contribution in [2.24, 2.45) is 0 Å². The lowest BCUT2D eigenvalue weighted by molar-refractivity contribution is 0.0581. The molecule has 0 spiro atoms. The maximum Gasteiger partial charge on any atom is 0.254 e. The standard InChI is InChI=1S/C13H17BrN2O3/c1-16(10-6-15-7-11(10)17)13(18)8-3-4-12(19-2)9(14)5-8/h3-5,10-11,15,17H,6-7H2,1-2H3/t10-,11-/m1/s1. The molecule has 19 heavy (non-hydrogen) atoms. The molecule has 1 heterocycles. The Kier molecular flexibility index (Phi) is 4.44. The van der Waals surface area contributed by atoms with Crippen LogP contribution in [0.5, 0.6) is 5.75 Å². The molecule has 0 unspecified atom stereocenters. The first-order chi connectivity index (χ1) is 9.04. The van der Waals surface area contributed by atoms with E-state index >= 15 is 0 Å². The number of amides is 1. The lowest BCUT2D eigenvalue weighted by atomic mass is 10.1. The fraction of sp³-hybridized carbons (Fsp3) is 0.462. The van der Waals surface area contributed by atoms with Crippen LogP contribution in [0, 0.1) is 0 Å². The van der Waals surface area contributed by atoms with Crippen LogP contribution in [0.4, 0.5) is 0 Å². The normalized spacial score (nSPS) is 22.3. The Labute approximate surface area is 120 Å². The summed E-state index contributed by atoms with van der Waals surface area (Å²) < 4.78 is 5.87. The summed E-state index contributed by atoms with van der Waals surface area (Å²) in [7, 11) is 3.29. The fourth-order valence-electron chi connectivity index (χ4n) is 2.20. The Hall–Kier alpha value is -1.11. The molecule has 1 fully saturated rings. The molecule has 1 saturated heterocycles. The summed E-state index contributed by atoms with van der Waals surface area (Å²) in [5.41, 5.74) is 0.564. The highest BCUT2D eigenvalue weighted by atomic mass is 79.9. The predicted molar refractivity (Wildman–Crippen MR) is 75.5 cm³/mol. The van der Waals surface area contributed by atoms with Gasteiger partial charge < -0.3 is 20.1 Å². The van der Waals surface area contributed by atoms with Gasteiger partial charge in [-0.1, -0.05) is 0 Å². The summed E-state index contributed by atoms with van der Waals surface area (Å²) in [6, 6.07) is 5.01. The van der Waals surface area contributed by atoms with Gasteiger partial charge in [0, 0.05) is 25.7 Å². The van der Waals surface area contributed by atoms with Gasteiger partial charge in [-0.3, -0.25) is 4.79 Å². The summed E-state index contributed by atoms with van der Waals surface area (Å²) in [4.78, 5) is 13.9. The quantitative estimate of drug-likeness (QED) is 0.864. The van der Waals surface area contributed by atoms with E-state index in [1.165, 1.54) is 0 Å². The minimum atomic E-state index is -0.518. The van der Waals surface area contributed by atoms with E-state index in [2.05, 4.69) is 21.2 Å². The number of likely N-dealkylation sites (N-methyl/N-ethyl adjacent to an activating group) is 1. The maximum atomic E-state index is 12.4. The molecule has 104 valence electrons. The molecule has 1 aliphatic heterocycles. The van der Waals surface area contributed by atoms with Crippen molar-refractivity contribution in [3.05, 3.63) is 28.2 Å². The zero-order chi connectivity index (χ0) is 14.0. The Morgan fingerprint density at radius 3 is 2.79 bits per heavy atom. The number of rotatable bonds is 3. The number of ether oxygens (including phenoxy) is 1. The molecule has 2 rings (SSSR count). The van der Waals surface area contributed by atoms with Gasteiger partial charge in [-0.15, -0.1) is 0 Å². The van der Waals surface area contributed by atoms with Crippen molar-refractivity contribution in [3.8, 4) is 5.75 Å². The summed E-state index contributed by atoms with van der Waals surface area (Å²) in [6.07, 6.45) is -0.518. The Morgan fingerprint density at radius 1 is 1.53 bits per heavy atom. The molecule has 0 bridgehead atoms. The predicted octanol–water partition coefficient (Wildman–Crippen LogP) is 0.862. The average molecular weight is 329 g/mol. The van der Waals surface area contributed by atoms with Crippen molar-refractivity contribution < 1.29 is 14.6 Å². The second kappa shape index (κ2) is 5.90. The number of nitrogens with zero attached hydrogens (tertiary/aromatic N) is 1. The number of carbonyl (C=O) groups excluding carboxylic acids is 1. The van der Waals surface area contributed by atoms with Crippen LogP contribution < -0.4 is 10.1 Å². The highest BCUT2D eigenvalue weighted by molar-refractivity contribution is 9.10. The minimum absolute atomic E-state index is 0.115. The Balaban J connectivity index is 2.17. The molecule has 2 N–H and O–H groups in total. The third kappa shape index (κ3) is 2.91. The molecule has 6 heteroatoms. The van der Waals surface area contributed by atoms with Gasteiger partial charge in [0.1, 0.15) is 5.75 Å². The van der Waals surface area contributed by atoms with Crippen molar-refractivity contribution in [1.82, 2.24) is 10.2 Å². The highest BCUT2D eigenvalue weighted by Gasteiger charge is 2.31. The molecule has 0 saturated carbocycles. The van der Waals surface area contributed by atoms with Gasteiger partial charge >= 0.3 is 0 Å². The van der Waals surface area contributed by atoms with Crippen LogP contribution in [0.3, 0.4) is 0 Å². The minimum Gasteiger partial charge on any atom is -0.496 e. The lowest BCUT2D eigenvalue weighted by Gasteiger charge is -2.26. The van der Waals surface area contributed by atoms with Crippen molar-refractivity contribution in [2.75, 3.05) is 27.2 Å². The van der Waals surface area contributed by atoms with Crippen LogP contribution in [0.2, 0.25) is 0 Å². The van der Waals surface area contributed by atoms with Gasteiger partial charge in [0.05, 0.1) is 23.7 Å². The Bertz CT molecular complexity index is 481. The van der Waals surface area contributed by atoms with Gasteiger partial charge in [0.2, 0.25) is 0 Å². The van der Waals surface area contributed by atoms with Crippen molar-refractivity contribution in [2.45, 2.75) is 12.1 Å². The molecule has 0 radical (unpaired) electrons. The fourth-order valence-corrected chi connectivity index (χ4v) is 2.74. The van der Waals surface area contributed by atoms with Gasteiger partial charge in [-0.05, 0) is 34.1 Å². The van der Waals surface area contributed by atoms with Crippen LogP contribution in [0.15, 0.2) is 22.7 Å². The number of β-amino-alcohol motifs (C(OH)–C–C–N with tert-alkyl or cyclic N) is 1. The van der Waals surface area contributed by atoms with Gasteiger partial charge in [-0.2, -0.15) is 0 Å². The smallest absolute Gasteiger partial charge is 0.254 e. The molecule has 1 amide bonds. The van der Waals surface area contributed by atoms with E-state index in [-0.39, 0.29) is 11.9 Å². The second-order valence-corrected chi connectivity index (χ2v) is 5.41. The molecular formula is C13H17BrN2O3. The van der Waals surface area contributed by atoms with Crippen molar-refractivity contribution in [1.29, 1.82) is 0 Å². The number of aliphatic hydroxyl groups excluding tert-OH is 1. The van der Waals surface area contributed by atoms with Crippen LogP contribution in [-0.4, -0.2) is 55.3 Å². The summed E-state index contributed by atoms with van der Waals surface area (Å²) in [5.74, 6) is 0.567. The molecule has 1 aromatic carbocycles. The first-order valence-corrected chi connectivity index (χ1v) is 6.83. The number of halogens is 1. The topological polar surface area (TPSA) is 61.8 Å². The first kappa shape index (κ1) is 14.3.